The Morgan fingerprint density at radius 2 is 1.34 bits per heavy atom. The summed E-state index contributed by atoms with van der Waals surface area (Å²) in [6.07, 6.45) is 1.93. The molecule has 4 aromatic rings. The fourth-order valence-electron chi connectivity index (χ4n) is 4.00. The van der Waals surface area contributed by atoms with E-state index in [1.54, 1.807) is 24.3 Å². The zero-order valence-corrected chi connectivity index (χ0v) is 20.0. The predicted octanol–water partition coefficient (Wildman–Crippen LogP) is 6.36. The molecule has 35 heavy (non-hydrogen) atoms. The minimum Gasteiger partial charge on any atom is -0.427 e. The van der Waals surface area contributed by atoms with Crippen molar-refractivity contribution in [3.63, 3.8) is 0 Å². The lowest BCUT2D eigenvalue weighted by Gasteiger charge is -2.24. The Labute approximate surface area is 205 Å². The quantitative estimate of drug-likeness (QED) is 0.334. The van der Waals surface area contributed by atoms with E-state index in [9.17, 15) is 8.42 Å². The molecule has 1 atom stereocenters. The van der Waals surface area contributed by atoms with Crippen LogP contribution in [-0.2, 0) is 14.8 Å². The van der Waals surface area contributed by atoms with Gasteiger partial charge in [-0.05, 0) is 48.4 Å². The van der Waals surface area contributed by atoms with Crippen LogP contribution in [0.15, 0.2) is 130 Å². The zero-order valence-electron chi connectivity index (χ0n) is 19.2. The highest BCUT2D eigenvalue weighted by Crippen LogP contribution is 2.41. The number of anilines is 1. The van der Waals surface area contributed by atoms with E-state index >= 15 is 0 Å². The Kier molecular flexibility index (Phi) is 6.21. The van der Waals surface area contributed by atoms with Gasteiger partial charge in [0.25, 0.3) is 10.0 Å². The number of para-hydroxylation sites is 1. The van der Waals surface area contributed by atoms with Gasteiger partial charge in [-0.25, -0.2) is 0 Å². The molecule has 0 aromatic heterocycles. The smallest absolute Gasteiger partial charge is 0.314 e. The van der Waals surface area contributed by atoms with Crippen LogP contribution in [0.2, 0.25) is 0 Å². The molecule has 1 saturated heterocycles. The van der Waals surface area contributed by atoms with Crippen LogP contribution >= 0.6 is 0 Å². The summed E-state index contributed by atoms with van der Waals surface area (Å²) in [6.45, 7) is 1.91. The van der Waals surface area contributed by atoms with E-state index in [1.807, 2.05) is 109 Å². The molecule has 0 unspecified atom stereocenters. The summed E-state index contributed by atoms with van der Waals surface area (Å²) in [5.74, 6) is 0.587. The van der Waals surface area contributed by atoms with Gasteiger partial charge in [-0.15, -0.1) is 4.40 Å². The van der Waals surface area contributed by atoms with Crippen molar-refractivity contribution in [2.45, 2.75) is 17.9 Å². The standard InChI is InChI=1S/C29H24N2O3S/c1-22-17-19-26(20-18-22)35(32,33)30-29-31(25-15-9-4-10-16-25)28(24-13-7-3-8-14-24)27(34-29)21-23-11-5-2-6-12-23/h2-21,28H,1H3/b27-21-,30-29-/t28-/m1/s1. The number of benzene rings is 4. The van der Waals surface area contributed by atoms with Gasteiger partial charge in [0.2, 0.25) is 0 Å². The fraction of sp³-hybridized carbons (Fsp3) is 0.0690. The first kappa shape index (κ1) is 22.6. The molecule has 0 amide bonds. The molecule has 0 radical (unpaired) electrons. The molecule has 0 saturated carbocycles. The van der Waals surface area contributed by atoms with Crippen molar-refractivity contribution in [3.05, 3.63) is 138 Å². The maximum absolute atomic E-state index is 13.3. The van der Waals surface area contributed by atoms with E-state index in [4.69, 9.17) is 4.74 Å². The lowest BCUT2D eigenvalue weighted by Crippen LogP contribution is -2.29. The van der Waals surface area contributed by atoms with Crippen molar-refractivity contribution >= 4 is 27.8 Å². The first-order chi connectivity index (χ1) is 17.0. The van der Waals surface area contributed by atoms with E-state index in [2.05, 4.69) is 4.40 Å². The molecule has 5 nitrogen and oxygen atoms in total. The van der Waals surface area contributed by atoms with Gasteiger partial charge in [0.15, 0.2) is 0 Å². The SMILES string of the molecule is Cc1ccc(S(=O)(=O)/N=C2\O/C(=C\c3ccccc3)[C@@H](c3ccccc3)N2c2ccccc2)cc1. The second kappa shape index (κ2) is 9.60. The van der Waals surface area contributed by atoms with E-state index < -0.39 is 16.1 Å². The molecule has 1 aliphatic heterocycles. The summed E-state index contributed by atoms with van der Waals surface area (Å²) in [5.41, 5.74) is 3.64. The Morgan fingerprint density at radius 1 is 0.771 bits per heavy atom. The van der Waals surface area contributed by atoms with Crippen molar-refractivity contribution in [1.82, 2.24) is 0 Å². The van der Waals surface area contributed by atoms with E-state index in [-0.39, 0.29) is 10.9 Å². The van der Waals surface area contributed by atoms with Gasteiger partial charge in [0.1, 0.15) is 11.8 Å². The Hall–Kier alpha value is -4.16. The molecule has 0 aliphatic carbocycles. The molecule has 0 N–H and O–H groups in total. The monoisotopic (exact) mass is 480 g/mol. The molecule has 0 bridgehead atoms. The molecule has 1 fully saturated rings. The third-order valence-corrected chi connectivity index (χ3v) is 6.98. The van der Waals surface area contributed by atoms with Crippen LogP contribution in [0.5, 0.6) is 0 Å². The highest BCUT2D eigenvalue weighted by molar-refractivity contribution is 7.90. The number of ether oxygens (including phenoxy) is 1. The van der Waals surface area contributed by atoms with Crippen molar-refractivity contribution in [2.24, 2.45) is 4.40 Å². The topological polar surface area (TPSA) is 59.0 Å². The Morgan fingerprint density at radius 3 is 1.97 bits per heavy atom. The van der Waals surface area contributed by atoms with Gasteiger partial charge in [-0.3, -0.25) is 4.90 Å². The van der Waals surface area contributed by atoms with Gasteiger partial charge < -0.3 is 4.74 Å². The normalized spacial score (nSPS) is 18.1. The third-order valence-electron chi connectivity index (χ3n) is 5.72. The molecule has 174 valence electrons. The number of amidine groups is 1. The lowest BCUT2D eigenvalue weighted by molar-refractivity contribution is 0.431. The molecule has 4 aromatic carbocycles. The summed E-state index contributed by atoms with van der Waals surface area (Å²) in [7, 11) is -4.01. The number of hydrogen-bond donors (Lipinski definition) is 0. The van der Waals surface area contributed by atoms with Crippen LogP contribution in [0.1, 0.15) is 22.7 Å². The van der Waals surface area contributed by atoms with Crippen LogP contribution in [-0.4, -0.2) is 14.4 Å². The number of nitrogens with zero attached hydrogens (tertiary/aromatic N) is 2. The molecular formula is C29H24N2O3S. The first-order valence-electron chi connectivity index (χ1n) is 11.3. The van der Waals surface area contributed by atoms with Crippen molar-refractivity contribution in [1.29, 1.82) is 0 Å². The predicted molar refractivity (Wildman–Crippen MR) is 139 cm³/mol. The average Bonchev–Trinajstić information content (AvgIpc) is 3.22. The maximum atomic E-state index is 13.3. The number of hydrogen-bond acceptors (Lipinski definition) is 3. The minimum absolute atomic E-state index is 0.00723. The summed E-state index contributed by atoms with van der Waals surface area (Å²) in [6, 6.07) is 35.5. The van der Waals surface area contributed by atoms with Crippen LogP contribution in [0.25, 0.3) is 6.08 Å². The number of rotatable bonds is 5. The second-order valence-corrected chi connectivity index (χ2v) is 9.84. The van der Waals surface area contributed by atoms with E-state index in [0.717, 1.165) is 22.4 Å². The van der Waals surface area contributed by atoms with Crippen LogP contribution in [0, 0.1) is 6.92 Å². The van der Waals surface area contributed by atoms with Crippen molar-refractivity contribution < 1.29 is 13.2 Å². The van der Waals surface area contributed by atoms with Crippen molar-refractivity contribution in [2.75, 3.05) is 4.90 Å². The van der Waals surface area contributed by atoms with Gasteiger partial charge >= 0.3 is 6.02 Å². The molecule has 1 aliphatic rings. The van der Waals surface area contributed by atoms with E-state index in [0.29, 0.717) is 5.76 Å². The summed E-state index contributed by atoms with van der Waals surface area (Å²) in [4.78, 5) is 1.94. The van der Waals surface area contributed by atoms with Gasteiger partial charge in [0, 0.05) is 5.69 Å². The molecule has 5 rings (SSSR count). The van der Waals surface area contributed by atoms with Crippen LogP contribution in [0.4, 0.5) is 5.69 Å². The van der Waals surface area contributed by atoms with Gasteiger partial charge in [0.05, 0.1) is 4.90 Å². The van der Waals surface area contributed by atoms with Gasteiger partial charge in [-0.1, -0.05) is 96.6 Å². The Balaban J connectivity index is 1.69. The van der Waals surface area contributed by atoms with Crippen molar-refractivity contribution in [3.8, 4) is 0 Å². The number of aryl methyl sites for hydroxylation is 1. The minimum atomic E-state index is -4.01. The highest BCUT2D eigenvalue weighted by Gasteiger charge is 2.40. The number of sulfonamides is 1. The van der Waals surface area contributed by atoms with Gasteiger partial charge in [-0.2, -0.15) is 8.42 Å². The molecule has 1 heterocycles. The van der Waals surface area contributed by atoms with Crippen LogP contribution < -0.4 is 4.90 Å². The maximum Gasteiger partial charge on any atom is 0.314 e. The highest BCUT2D eigenvalue weighted by atomic mass is 32.2. The fourth-order valence-corrected chi connectivity index (χ4v) is 4.91. The lowest BCUT2D eigenvalue weighted by atomic mass is 10.0. The molecule has 0 spiro atoms. The molecular weight excluding hydrogens is 456 g/mol. The molecule has 6 heteroatoms. The first-order valence-corrected chi connectivity index (χ1v) is 12.7. The second-order valence-electron chi connectivity index (χ2n) is 8.24. The zero-order chi connectivity index (χ0) is 24.3. The summed E-state index contributed by atoms with van der Waals surface area (Å²) >= 11 is 0. The van der Waals surface area contributed by atoms with E-state index in [1.165, 1.54) is 0 Å². The third kappa shape index (κ3) is 4.88. The summed E-state index contributed by atoms with van der Waals surface area (Å²) < 4.78 is 37.0. The average molecular weight is 481 g/mol. The summed E-state index contributed by atoms with van der Waals surface area (Å²) in [5, 5.41) is 0. The largest absolute Gasteiger partial charge is 0.427 e. The Bertz CT molecular complexity index is 1470. The van der Waals surface area contributed by atoms with Crippen LogP contribution in [0.3, 0.4) is 0 Å².